The first-order valence-electron chi connectivity index (χ1n) is 6.73. The molecule has 2 N–H and O–H groups in total. The lowest BCUT2D eigenvalue weighted by molar-refractivity contribution is 0.174. The summed E-state index contributed by atoms with van der Waals surface area (Å²) >= 11 is 0. The molecule has 1 heterocycles. The van der Waals surface area contributed by atoms with Crippen LogP contribution in [0.4, 0.5) is 0 Å². The van der Waals surface area contributed by atoms with Crippen LogP contribution in [0.15, 0.2) is 16.5 Å². The van der Waals surface area contributed by atoms with Gasteiger partial charge in [-0.2, -0.15) is 0 Å². The summed E-state index contributed by atoms with van der Waals surface area (Å²) in [6.45, 7) is 3.28. The maximum Gasteiger partial charge on any atom is 0.117 e. The van der Waals surface area contributed by atoms with E-state index in [4.69, 9.17) is 9.52 Å². The second-order valence-corrected chi connectivity index (χ2v) is 5.00. The Morgan fingerprint density at radius 3 is 2.53 bits per heavy atom. The summed E-state index contributed by atoms with van der Waals surface area (Å²) in [6.07, 6.45) is 5.60. The van der Waals surface area contributed by atoms with E-state index >= 15 is 0 Å². The Morgan fingerprint density at radius 2 is 1.94 bits per heavy atom. The molecule has 1 aliphatic rings. The quantitative estimate of drug-likeness (QED) is 0.827. The summed E-state index contributed by atoms with van der Waals surface area (Å²) in [6, 6.07) is 4.71. The van der Waals surface area contributed by atoms with Crippen LogP contribution >= 0.6 is 0 Å². The molecule has 17 heavy (non-hydrogen) atoms. The Bertz CT molecular complexity index is 327. The molecule has 1 aromatic rings. The summed E-state index contributed by atoms with van der Waals surface area (Å²) in [5, 5.41) is 12.6. The molecule has 3 nitrogen and oxygen atoms in total. The van der Waals surface area contributed by atoms with Gasteiger partial charge in [-0.25, -0.2) is 0 Å². The molecular formula is C14H23NO2. The van der Waals surface area contributed by atoms with Crippen LogP contribution in [0.1, 0.15) is 44.1 Å². The second kappa shape index (κ2) is 6.22. The van der Waals surface area contributed by atoms with E-state index in [1.807, 2.05) is 0 Å². The van der Waals surface area contributed by atoms with E-state index in [0.717, 1.165) is 37.3 Å². The van der Waals surface area contributed by atoms with E-state index in [1.54, 1.807) is 0 Å². The van der Waals surface area contributed by atoms with E-state index < -0.39 is 0 Å². The van der Waals surface area contributed by atoms with Crippen LogP contribution in [0, 0.1) is 5.92 Å². The van der Waals surface area contributed by atoms with Crippen LogP contribution in [-0.2, 0) is 13.0 Å². The van der Waals surface area contributed by atoms with Crippen molar-refractivity contribution in [3.8, 4) is 0 Å². The topological polar surface area (TPSA) is 45.4 Å². The number of aliphatic hydroxyl groups is 1. The molecule has 0 aliphatic heterocycles. The summed E-state index contributed by atoms with van der Waals surface area (Å²) < 4.78 is 5.66. The lowest BCUT2D eigenvalue weighted by Gasteiger charge is -2.27. The highest BCUT2D eigenvalue weighted by atomic mass is 16.3. The van der Waals surface area contributed by atoms with Crippen molar-refractivity contribution in [2.45, 2.75) is 51.6 Å². The summed E-state index contributed by atoms with van der Waals surface area (Å²) in [5.74, 6) is 2.63. The smallest absolute Gasteiger partial charge is 0.117 e. The van der Waals surface area contributed by atoms with Gasteiger partial charge in [0.15, 0.2) is 0 Å². The maximum absolute atomic E-state index is 9.08. The van der Waals surface area contributed by atoms with Crippen LogP contribution in [-0.4, -0.2) is 17.8 Å². The van der Waals surface area contributed by atoms with Gasteiger partial charge in [0, 0.05) is 19.1 Å². The third kappa shape index (κ3) is 3.58. The number of hydrogen-bond acceptors (Lipinski definition) is 3. The molecule has 0 spiro atoms. The zero-order chi connectivity index (χ0) is 12.1. The molecule has 1 saturated carbocycles. The Morgan fingerprint density at radius 1 is 1.24 bits per heavy atom. The van der Waals surface area contributed by atoms with Gasteiger partial charge in [0.25, 0.3) is 0 Å². The normalized spacial score (nSPS) is 25.1. The Labute approximate surface area is 103 Å². The highest BCUT2D eigenvalue weighted by molar-refractivity contribution is 5.06. The molecule has 3 heteroatoms. The van der Waals surface area contributed by atoms with Crippen molar-refractivity contribution in [3.05, 3.63) is 23.7 Å². The lowest BCUT2D eigenvalue weighted by Crippen LogP contribution is -2.33. The first kappa shape index (κ1) is 12.7. The van der Waals surface area contributed by atoms with Crippen LogP contribution in [0.5, 0.6) is 0 Å². The van der Waals surface area contributed by atoms with Crippen molar-refractivity contribution in [2.75, 3.05) is 6.61 Å². The van der Waals surface area contributed by atoms with Crippen LogP contribution in [0.3, 0.4) is 0 Å². The number of rotatable bonds is 5. The minimum absolute atomic E-state index is 0.352. The van der Waals surface area contributed by atoms with Gasteiger partial charge in [-0.3, -0.25) is 0 Å². The molecule has 0 amide bonds. The minimum Gasteiger partial charge on any atom is -0.465 e. The van der Waals surface area contributed by atoms with Crippen molar-refractivity contribution < 1.29 is 9.52 Å². The van der Waals surface area contributed by atoms with Crippen LogP contribution in [0.25, 0.3) is 0 Å². The van der Waals surface area contributed by atoms with Gasteiger partial charge in [0.1, 0.15) is 11.5 Å². The standard InChI is InChI=1S/C14H23NO2/c1-2-13-7-8-14(17-13)9-15-12-5-3-11(10-16)4-6-12/h7-8,11-12,15-16H,2-6,9-10H2,1H3. The first-order chi connectivity index (χ1) is 8.31. The van der Waals surface area contributed by atoms with Gasteiger partial charge in [-0.1, -0.05) is 6.92 Å². The molecule has 0 bridgehead atoms. The van der Waals surface area contributed by atoms with E-state index in [-0.39, 0.29) is 0 Å². The monoisotopic (exact) mass is 237 g/mol. The molecule has 96 valence electrons. The Balaban J connectivity index is 1.72. The fourth-order valence-electron chi connectivity index (χ4n) is 2.50. The molecular weight excluding hydrogens is 214 g/mol. The third-order valence-electron chi connectivity index (χ3n) is 3.74. The van der Waals surface area contributed by atoms with E-state index in [2.05, 4.69) is 24.4 Å². The largest absolute Gasteiger partial charge is 0.465 e. The molecule has 0 radical (unpaired) electrons. The van der Waals surface area contributed by atoms with Crippen LogP contribution < -0.4 is 5.32 Å². The molecule has 0 saturated heterocycles. The zero-order valence-electron chi connectivity index (χ0n) is 10.6. The van der Waals surface area contributed by atoms with Gasteiger partial charge in [0.05, 0.1) is 6.54 Å². The second-order valence-electron chi connectivity index (χ2n) is 5.00. The number of aliphatic hydroxyl groups excluding tert-OH is 1. The van der Waals surface area contributed by atoms with Gasteiger partial charge in [-0.05, 0) is 43.7 Å². The lowest BCUT2D eigenvalue weighted by atomic mass is 9.86. The van der Waals surface area contributed by atoms with E-state index in [1.165, 1.54) is 12.8 Å². The zero-order valence-corrected chi connectivity index (χ0v) is 10.6. The molecule has 0 atom stereocenters. The average Bonchev–Trinajstić information content (AvgIpc) is 2.85. The minimum atomic E-state index is 0.352. The highest BCUT2D eigenvalue weighted by Crippen LogP contribution is 2.24. The van der Waals surface area contributed by atoms with Crippen molar-refractivity contribution >= 4 is 0 Å². The summed E-state index contributed by atoms with van der Waals surface area (Å²) in [5.41, 5.74) is 0. The third-order valence-corrected chi connectivity index (χ3v) is 3.74. The predicted octanol–water partition coefficient (Wildman–Crippen LogP) is 2.48. The molecule has 2 rings (SSSR count). The van der Waals surface area contributed by atoms with Gasteiger partial charge in [-0.15, -0.1) is 0 Å². The van der Waals surface area contributed by atoms with Crippen molar-refractivity contribution in [2.24, 2.45) is 5.92 Å². The number of aryl methyl sites for hydroxylation is 1. The van der Waals surface area contributed by atoms with Crippen LogP contribution in [0.2, 0.25) is 0 Å². The van der Waals surface area contributed by atoms with Crippen molar-refractivity contribution in [1.29, 1.82) is 0 Å². The maximum atomic E-state index is 9.08. The average molecular weight is 237 g/mol. The number of hydrogen-bond donors (Lipinski definition) is 2. The van der Waals surface area contributed by atoms with Gasteiger partial charge >= 0.3 is 0 Å². The fourth-order valence-corrected chi connectivity index (χ4v) is 2.50. The molecule has 0 unspecified atom stereocenters. The first-order valence-corrected chi connectivity index (χ1v) is 6.73. The fraction of sp³-hybridized carbons (Fsp3) is 0.714. The van der Waals surface area contributed by atoms with Gasteiger partial charge in [0.2, 0.25) is 0 Å². The Kier molecular flexibility index (Phi) is 4.63. The predicted molar refractivity (Wildman–Crippen MR) is 67.8 cm³/mol. The molecule has 1 fully saturated rings. The summed E-state index contributed by atoms with van der Waals surface area (Å²) in [7, 11) is 0. The molecule has 0 aromatic carbocycles. The van der Waals surface area contributed by atoms with E-state index in [0.29, 0.717) is 18.6 Å². The molecule has 1 aliphatic carbocycles. The highest BCUT2D eigenvalue weighted by Gasteiger charge is 2.20. The van der Waals surface area contributed by atoms with Crippen molar-refractivity contribution in [1.82, 2.24) is 5.32 Å². The molecule has 1 aromatic heterocycles. The number of nitrogens with one attached hydrogen (secondary N) is 1. The number of furan rings is 1. The SMILES string of the molecule is CCc1ccc(CNC2CCC(CO)CC2)o1. The Hall–Kier alpha value is -0.800. The van der Waals surface area contributed by atoms with Crippen molar-refractivity contribution in [3.63, 3.8) is 0 Å². The van der Waals surface area contributed by atoms with Gasteiger partial charge < -0.3 is 14.8 Å². The summed E-state index contributed by atoms with van der Waals surface area (Å²) in [4.78, 5) is 0. The van der Waals surface area contributed by atoms with E-state index in [9.17, 15) is 0 Å².